The van der Waals surface area contributed by atoms with Crippen LogP contribution in [0.3, 0.4) is 0 Å². The van der Waals surface area contributed by atoms with Crippen LogP contribution in [-0.2, 0) is 0 Å². The van der Waals surface area contributed by atoms with Crippen LogP contribution < -0.4 is 14.8 Å². The molecule has 0 radical (unpaired) electrons. The predicted octanol–water partition coefficient (Wildman–Crippen LogP) is 4.85. The second kappa shape index (κ2) is 7.38. The lowest BCUT2D eigenvalue weighted by atomic mass is 10.1. The van der Waals surface area contributed by atoms with Crippen molar-refractivity contribution in [1.29, 1.82) is 0 Å². The van der Waals surface area contributed by atoms with Crippen molar-refractivity contribution in [3.05, 3.63) is 58.4 Å². The van der Waals surface area contributed by atoms with E-state index in [1.54, 1.807) is 25.8 Å². The fraction of sp³-hybridized carbons (Fsp3) is 0.105. The Morgan fingerprint density at radius 2 is 1.89 bits per heavy atom. The summed E-state index contributed by atoms with van der Waals surface area (Å²) in [6.45, 7) is 0. The molecule has 6 nitrogen and oxygen atoms in total. The molecule has 0 saturated carbocycles. The minimum absolute atomic E-state index is 0.556. The molecule has 0 atom stereocenters. The molecule has 4 aromatic rings. The monoisotopic (exact) mass is 399 g/mol. The zero-order valence-electron chi connectivity index (χ0n) is 14.5. The third-order valence-corrected chi connectivity index (χ3v) is 4.76. The number of halogens is 1. The van der Waals surface area contributed by atoms with Gasteiger partial charge in [-0.2, -0.15) is 0 Å². The summed E-state index contributed by atoms with van der Waals surface area (Å²) in [5.41, 5.74) is 3.13. The lowest BCUT2D eigenvalue weighted by Crippen LogP contribution is -2.03. The molecule has 0 unspecified atom stereocenters. The third-order valence-electron chi connectivity index (χ3n) is 3.94. The molecule has 0 saturated heterocycles. The number of fused-ring (bicyclic) bond motifs is 1. The lowest BCUT2D eigenvalue weighted by molar-refractivity contribution is 0.355. The Labute approximate surface area is 163 Å². The van der Waals surface area contributed by atoms with Crippen LogP contribution in [0.4, 0.5) is 5.13 Å². The van der Waals surface area contributed by atoms with Crippen LogP contribution in [0.2, 0.25) is 5.02 Å². The van der Waals surface area contributed by atoms with E-state index in [1.807, 2.05) is 36.4 Å². The molecule has 0 spiro atoms. The van der Waals surface area contributed by atoms with E-state index in [1.165, 1.54) is 11.3 Å². The van der Waals surface area contributed by atoms with Crippen LogP contribution in [0.15, 0.2) is 57.4 Å². The maximum absolute atomic E-state index is 6.16. The van der Waals surface area contributed by atoms with E-state index < -0.39 is 0 Å². The highest BCUT2D eigenvalue weighted by Crippen LogP contribution is 2.33. The molecular weight excluding hydrogens is 386 g/mol. The van der Waals surface area contributed by atoms with Crippen LogP contribution >= 0.6 is 22.9 Å². The normalized spacial score (nSPS) is 11.7. The highest BCUT2D eigenvalue weighted by Gasteiger charge is 2.11. The number of aromatic nitrogens is 2. The molecule has 136 valence electrons. The molecule has 0 aliphatic carbocycles. The van der Waals surface area contributed by atoms with Gasteiger partial charge in [0.15, 0.2) is 11.5 Å². The molecular formula is C19H14ClN3O3S. The van der Waals surface area contributed by atoms with E-state index in [4.69, 9.17) is 25.5 Å². The molecule has 0 fully saturated rings. The van der Waals surface area contributed by atoms with E-state index in [0.29, 0.717) is 38.4 Å². The van der Waals surface area contributed by atoms with Gasteiger partial charge in [-0.05, 0) is 36.4 Å². The van der Waals surface area contributed by atoms with Crippen molar-refractivity contribution in [2.24, 2.45) is 4.99 Å². The van der Waals surface area contributed by atoms with E-state index in [-0.39, 0.29) is 0 Å². The molecule has 0 aliphatic rings. The summed E-state index contributed by atoms with van der Waals surface area (Å²) in [4.78, 5) is 4.60. The summed E-state index contributed by atoms with van der Waals surface area (Å²) in [7, 11) is 3.19. The van der Waals surface area contributed by atoms with Gasteiger partial charge in [0, 0.05) is 22.0 Å². The van der Waals surface area contributed by atoms with E-state index in [0.717, 1.165) is 10.9 Å². The zero-order chi connectivity index (χ0) is 18.8. The molecule has 0 N–H and O–H groups in total. The van der Waals surface area contributed by atoms with Crippen LogP contribution in [0, 0.1) is 0 Å². The Kier molecular flexibility index (Phi) is 4.79. The van der Waals surface area contributed by atoms with Crippen molar-refractivity contribution in [3.63, 3.8) is 0 Å². The molecule has 2 aromatic heterocycles. The molecule has 27 heavy (non-hydrogen) atoms. The molecule has 0 amide bonds. The largest absolute Gasteiger partial charge is 0.493 e. The van der Waals surface area contributed by atoms with Crippen LogP contribution in [0.25, 0.3) is 22.3 Å². The van der Waals surface area contributed by atoms with Gasteiger partial charge in [-0.25, -0.2) is 4.99 Å². The van der Waals surface area contributed by atoms with Crippen molar-refractivity contribution in [3.8, 4) is 22.8 Å². The third kappa shape index (κ3) is 3.51. The Morgan fingerprint density at radius 3 is 2.63 bits per heavy atom. The number of ether oxygens (including phenoxy) is 2. The van der Waals surface area contributed by atoms with Crippen molar-refractivity contribution < 1.29 is 13.9 Å². The van der Waals surface area contributed by atoms with Gasteiger partial charge in [-0.1, -0.05) is 22.9 Å². The summed E-state index contributed by atoms with van der Waals surface area (Å²) in [5, 5.41) is 10.5. The van der Waals surface area contributed by atoms with Gasteiger partial charge in [-0.15, -0.1) is 10.2 Å². The van der Waals surface area contributed by atoms with Gasteiger partial charge in [0.25, 0.3) is 0 Å². The number of nitrogens with zero attached hydrogens (tertiary/aromatic N) is 3. The zero-order valence-corrected chi connectivity index (χ0v) is 16.0. The second-order valence-electron chi connectivity index (χ2n) is 5.54. The lowest BCUT2D eigenvalue weighted by Gasteiger charge is -2.10. The molecule has 0 bridgehead atoms. The first-order chi connectivity index (χ1) is 13.2. The summed E-state index contributed by atoms with van der Waals surface area (Å²) in [5.74, 6) is 1.89. The van der Waals surface area contributed by atoms with Crippen molar-refractivity contribution in [2.75, 3.05) is 14.2 Å². The topological polar surface area (TPSA) is 69.7 Å². The van der Waals surface area contributed by atoms with Crippen LogP contribution in [-0.4, -0.2) is 24.4 Å². The number of methoxy groups -OCH3 is 2. The number of benzene rings is 2. The van der Waals surface area contributed by atoms with Gasteiger partial charge < -0.3 is 13.9 Å². The summed E-state index contributed by atoms with van der Waals surface area (Å²) in [6.07, 6.45) is 0. The molecule has 8 heteroatoms. The summed E-state index contributed by atoms with van der Waals surface area (Å²) in [6, 6.07) is 12.9. The Morgan fingerprint density at radius 1 is 1.04 bits per heavy atom. The second-order valence-corrected chi connectivity index (χ2v) is 6.79. The maximum atomic E-state index is 6.16. The Hall–Kier alpha value is -2.90. The molecule has 2 heterocycles. The first-order valence-corrected chi connectivity index (χ1v) is 9.20. The fourth-order valence-electron chi connectivity index (χ4n) is 2.68. The summed E-state index contributed by atoms with van der Waals surface area (Å²) >= 11 is 7.52. The quantitative estimate of drug-likeness (QED) is 0.490. The number of hydrogen-bond donors (Lipinski definition) is 0. The van der Waals surface area contributed by atoms with Gasteiger partial charge in [0.1, 0.15) is 16.9 Å². The first-order valence-electron chi connectivity index (χ1n) is 7.94. The van der Waals surface area contributed by atoms with Crippen molar-refractivity contribution in [2.45, 2.75) is 0 Å². The van der Waals surface area contributed by atoms with Crippen LogP contribution in [0.5, 0.6) is 11.5 Å². The average molecular weight is 400 g/mol. The Balaban J connectivity index is 1.96. The Bertz CT molecular complexity index is 1170. The molecule has 0 aliphatic heterocycles. The van der Waals surface area contributed by atoms with E-state index in [2.05, 4.69) is 15.2 Å². The minimum Gasteiger partial charge on any atom is -0.493 e. The average Bonchev–Trinajstić information content (AvgIpc) is 3.20. The standard InChI is InChI=1S/C19H14ClN3O3S/c1-24-16-5-3-11(7-18(16)25-2)17-9-14(22-19-23-21-10-27-19)13-8-12(20)4-6-15(13)26-17/h3-10H,1-2H3/b22-14+. The highest BCUT2D eigenvalue weighted by atomic mass is 35.5. The molecule has 4 rings (SSSR count). The van der Waals surface area contributed by atoms with E-state index >= 15 is 0 Å². The van der Waals surface area contributed by atoms with Gasteiger partial charge in [0.2, 0.25) is 5.13 Å². The van der Waals surface area contributed by atoms with Crippen molar-refractivity contribution >= 4 is 39.0 Å². The SMILES string of the molecule is COc1ccc(-c2c/c(=N\c3nncs3)c3cc(Cl)ccc3o2)cc1OC. The number of hydrogen-bond acceptors (Lipinski definition) is 7. The first kappa shape index (κ1) is 17.5. The predicted molar refractivity (Wildman–Crippen MR) is 105 cm³/mol. The molecule has 2 aromatic carbocycles. The fourth-order valence-corrected chi connectivity index (χ4v) is 3.29. The smallest absolute Gasteiger partial charge is 0.231 e. The minimum atomic E-state index is 0.556. The highest BCUT2D eigenvalue weighted by molar-refractivity contribution is 7.13. The van der Waals surface area contributed by atoms with Crippen LogP contribution in [0.1, 0.15) is 0 Å². The van der Waals surface area contributed by atoms with Gasteiger partial charge >= 0.3 is 0 Å². The maximum Gasteiger partial charge on any atom is 0.231 e. The van der Waals surface area contributed by atoms with E-state index in [9.17, 15) is 0 Å². The van der Waals surface area contributed by atoms with Gasteiger partial charge in [0.05, 0.1) is 19.6 Å². The summed E-state index contributed by atoms with van der Waals surface area (Å²) < 4.78 is 16.8. The number of rotatable bonds is 4. The van der Waals surface area contributed by atoms with Crippen molar-refractivity contribution in [1.82, 2.24) is 10.2 Å². The van der Waals surface area contributed by atoms with Gasteiger partial charge in [-0.3, -0.25) is 0 Å².